The molecule has 1 amide bonds. The number of nitrogens with one attached hydrogen (secondary N) is 1. The lowest BCUT2D eigenvalue weighted by molar-refractivity contribution is 0.0939. The van der Waals surface area contributed by atoms with E-state index >= 15 is 0 Å². The number of carbonyl (C=O) groups excluding carboxylic acids is 1. The van der Waals surface area contributed by atoms with Crippen LogP contribution in [0.3, 0.4) is 0 Å². The molecule has 0 unspecified atom stereocenters. The van der Waals surface area contributed by atoms with E-state index in [-0.39, 0.29) is 10.9 Å². The van der Waals surface area contributed by atoms with E-state index in [9.17, 15) is 9.18 Å². The first-order chi connectivity index (χ1) is 9.32. The summed E-state index contributed by atoms with van der Waals surface area (Å²) in [6.07, 6.45) is 0. The van der Waals surface area contributed by atoms with Crippen molar-refractivity contribution in [1.82, 2.24) is 10.2 Å². The lowest BCUT2D eigenvalue weighted by Crippen LogP contribution is -2.42. The third-order valence-electron chi connectivity index (χ3n) is 3.16. The Hall–Kier alpha value is -1.13. The lowest BCUT2D eigenvalue weighted by atomic mass is 10.2. The molecule has 20 heavy (non-hydrogen) atoms. The van der Waals surface area contributed by atoms with Crippen molar-refractivity contribution in [2.24, 2.45) is 0 Å². The fourth-order valence-corrected chi connectivity index (χ4v) is 2.43. The van der Waals surface area contributed by atoms with Gasteiger partial charge in [-0.05, 0) is 45.9 Å². The van der Waals surface area contributed by atoms with Crippen LogP contribution in [0.25, 0.3) is 0 Å². The molecule has 0 aliphatic rings. The highest BCUT2D eigenvalue weighted by molar-refractivity contribution is 6.33. The molecule has 0 heterocycles. The van der Waals surface area contributed by atoms with Crippen molar-refractivity contribution in [3.8, 4) is 0 Å². The lowest BCUT2D eigenvalue weighted by Gasteiger charge is -2.30. The average Bonchev–Trinajstić information content (AvgIpc) is 2.33. The molecule has 0 spiro atoms. The SMILES string of the molecule is CC(C)N(CCNC(=O)c1ccc(F)cc1Cl)C(C)C. The molecule has 1 aromatic carbocycles. The van der Waals surface area contributed by atoms with Gasteiger partial charge in [-0.3, -0.25) is 9.69 Å². The van der Waals surface area contributed by atoms with Crippen molar-refractivity contribution in [2.45, 2.75) is 39.8 Å². The van der Waals surface area contributed by atoms with Crippen LogP contribution in [0, 0.1) is 5.82 Å². The molecular weight excluding hydrogens is 279 g/mol. The normalized spacial score (nSPS) is 11.4. The number of benzene rings is 1. The number of amides is 1. The second-order valence-electron chi connectivity index (χ2n) is 5.31. The van der Waals surface area contributed by atoms with Crippen LogP contribution in [0.2, 0.25) is 5.02 Å². The van der Waals surface area contributed by atoms with Gasteiger partial charge in [-0.2, -0.15) is 0 Å². The highest BCUT2D eigenvalue weighted by Gasteiger charge is 2.14. The average molecular weight is 301 g/mol. The molecule has 112 valence electrons. The smallest absolute Gasteiger partial charge is 0.252 e. The van der Waals surface area contributed by atoms with Crippen LogP contribution in [-0.4, -0.2) is 36.0 Å². The summed E-state index contributed by atoms with van der Waals surface area (Å²) in [6, 6.07) is 4.61. The number of rotatable bonds is 6. The molecule has 1 aromatic rings. The van der Waals surface area contributed by atoms with Crippen molar-refractivity contribution in [1.29, 1.82) is 0 Å². The predicted octanol–water partition coefficient (Wildman–Crippen LogP) is 3.33. The molecule has 0 aromatic heterocycles. The monoisotopic (exact) mass is 300 g/mol. The van der Waals surface area contributed by atoms with E-state index in [4.69, 9.17) is 11.6 Å². The van der Waals surface area contributed by atoms with Crippen molar-refractivity contribution in [3.63, 3.8) is 0 Å². The van der Waals surface area contributed by atoms with Gasteiger partial charge in [-0.15, -0.1) is 0 Å². The summed E-state index contributed by atoms with van der Waals surface area (Å²) in [6.45, 7) is 9.79. The summed E-state index contributed by atoms with van der Waals surface area (Å²) in [5, 5.41) is 2.94. The summed E-state index contributed by atoms with van der Waals surface area (Å²) in [4.78, 5) is 14.2. The predicted molar refractivity (Wildman–Crippen MR) is 80.7 cm³/mol. The summed E-state index contributed by atoms with van der Waals surface area (Å²) >= 11 is 5.86. The van der Waals surface area contributed by atoms with Crippen LogP contribution in [0.1, 0.15) is 38.1 Å². The van der Waals surface area contributed by atoms with Crippen LogP contribution >= 0.6 is 11.6 Å². The highest BCUT2D eigenvalue weighted by atomic mass is 35.5. The number of halogens is 2. The molecule has 0 fully saturated rings. The zero-order chi connectivity index (χ0) is 15.3. The van der Waals surface area contributed by atoms with Gasteiger partial charge in [0.1, 0.15) is 5.82 Å². The Morgan fingerprint density at radius 3 is 2.40 bits per heavy atom. The van der Waals surface area contributed by atoms with Gasteiger partial charge in [-0.25, -0.2) is 4.39 Å². The van der Waals surface area contributed by atoms with E-state index in [2.05, 4.69) is 37.9 Å². The van der Waals surface area contributed by atoms with Crippen LogP contribution in [-0.2, 0) is 0 Å². The zero-order valence-electron chi connectivity index (χ0n) is 12.4. The van der Waals surface area contributed by atoms with Gasteiger partial charge in [0.05, 0.1) is 10.6 Å². The van der Waals surface area contributed by atoms with Crippen LogP contribution < -0.4 is 5.32 Å². The minimum Gasteiger partial charge on any atom is -0.351 e. The van der Waals surface area contributed by atoms with Gasteiger partial charge in [0, 0.05) is 25.2 Å². The maximum atomic E-state index is 12.9. The van der Waals surface area contributed by atoms with E-state index in [1.54, 1.807) is 0 Å². The number of hydrogen-bond donors (Lipinski definition) is 1. The number of hydrogen-bond acceptors (Lipinski definition) is 2. The standard InChI is InChI=1S/C15H22ClFN2O/c1-10(2)19(11(3)4)8-7-18-15(20)13-6-5-12(17)9-14(13)16/h5-6,9-11H,7-8H2,1-4H3,(H,18,20). The second-order valence-corrected chi connectivity index (χ2v) is 5.71. The van der Waals surface area contributed by atoms with Crippen LogP contribution in [0.5, 0.6) is 0 Å². The summed E-state index contributed by atoms with van der Waals surface area (Å²) in [7, 11) is 0. The molecule has 0 radical (unpaired) electrons. The Kier molecular flexibility index (Phi) is 6.43. The minimum atomic E-state index is -0.447. The van der Waals surface area contributed by atoms with Gasteiger partial charge in [0.2, 0.25) is 0 Å². The fraction of sp³-hybridized carbons (Fsp3) is 0.533. The zero-order valence-corrected chi connectivity index (χ0v) is 13.2. The van der Waals surface area contributed by atoms with Gasteiger partial charge < -0.3 is 5.32 Å². The van der Waals surface area contributed by atoms with E-state index in [0.717, 1.165) is 12.6 Å². The van der Waals surface area contributed by atoms with Gasteiger partial charge in [0.25, 0.3) is 5.91 Å². The third-order valence-corrected chi connectivity index (χ3v) is 3.47. The van der Waals surface area contributed by atoms with Crippen molar-refractivity contribution in [2.75, 3.05) is 13.1 Å². The highest BCUT2D eigenvalue weighted by Crippen LogP contribution is 2.16. The topological polar surface area (TPSA) is 32.3 Å². The molecule has 3 nitrogen and oxygen atoms in total. The summed E-state index contributed by atoms with van der Waals surface area (Å²) in [5.41, 5.74) is 0.300. The Morgan fingerprint density at radius 1 is 1.30 bits per heavy atom. The molecule has 0 aliphatic carbocycles. The minimum absolute atomic E-state index is 0.132. The maximum Gasteiger partial charge on any atom is 0.252 e. The Morgan fingerprint density at radius 2 is 1.90 bits per heavy atom. The largest absolute Gasteiger partial charge is 0.351 e. The van der Waals surface area contributed by atoms with Crippen LogP contribution in [0.4, 0.5) is 4.39 Å². The molecule has 0 saturated heterocycles. The third kappa shape index (κ3) is 4.76. The molecule has 1 rings (SSSR count). The van der Waals surface area contributed by atoms with Crippen molar-refractivity contribution in [3.05, 3.63) is 34.6 Å². The van der Waals surface area contributed by atoms with Crippen LogP contribution in [0.15, 0.2) is 18.2 Å². The van der Waals surface area contributed by atoms with Gasteiger partial charge in [-0.1, -0.05) is 11.6 Å². The molecule has 0 bridgehead atoms. The summed E-state index contributed by atoms with van der Waals surface area (Å²) < 4.78 is 12.9. The molecule has 5 heteroatoms. The van der Waals surface area contributed by atoms with E-state index in [0.29, 0.717) is 24.2 Å². The molecule has 1 N–H and O–H groups in total. The summed E-state index contributed by atoms with van der Waals surface area (Å²) in [5.74, 6) is -0.722. The first-order valence-corrected chi connectivity index (χ1v) is 7.19. The number of carbonyl (C=O) groups is 1. The quantitative estimate of drug-likeness (QED) is 0.874. The van der Waals surface area contributed by atoms with Crippen molar-refractivity contribution < 1.29 is 9.18 Å². The maximum absolute atomic E-state index is 12.9. The van der Waals surface area contributed by atoms with Crippen molar-refractivity contribution >= 4 is 17.5 Å². The Bertz CT molecular complexity index is 455. The second kappa shape index (κ2) is 7.60. The molecular formula is C15H22ClFN2O. The van der Waals surface area contributed by atoms with E-state index in [1.807, 2.05) is 0 Å². The molecule has 0 saturated carbocycles. The van der Waals surface area contributed by atoms with E-state index in [1.165, 1.54) is 12.1 Å². The Balaban J connectivity index is 2.55. The molecule has 0 aliphatic heterocycles. The number of nitrogens with zero attached hydrogens (tertiary/aromatic N) is 1. The fourth-order valence-electron chi connectivity index (χ4n) is 2.18. The first kappa shape index (κ1) is 16.9. The van der Waals surface area contributed by atoms with Gasteiger partial charge in [0.15, 0.2) is 0 Å². The molecule has 0 atom stereocenters. The first-order valence-electron chi connectivity index (χ1n) is 6.82. The van der Waals surface area contributed by atoms with Gasteiger partial charge >= 0.3 is 0 Å². The Labute approximate surface area is 125 Å². The van der Waals surface area contributed by atoms with E-state index < -0.39 is 5.82 Å².